The van der Waals surface area contributed by atoms with E-state index in [-0.39, 0.29) is 0 Å². The zero-order chi connectivity index (χ0) is 7.61. The van der Waals surface area contributed by atoms with Crippen LogP contribution in [0.25, 0.3) is 0 Å². The minimum absolute atomic E-state index is 0.741. The van der Waals surface area contributed by atoms with Gasteiger partial charge in [-0.15, -0.1) is 0 Å². The van der Waals surface area contributed by atoms with E-state index in [9.17, 15) is 5.11 Å². The molecule has 0 amide bonds. The van der Waals surface area contributed by atoms with E-state index >= 15 is 0 Å². The molecule has 0 aliphatic carbocycles. The van der Waals surface area contributed by atoms with Crippen LogP contribution in [-0.4, -0.2) is 26.9 Å². The molecule has 10 heavy (non-hydrogen) atoms. The normalized spacial score (nSPS) is 28.5. The van der Waals surface area contributed by atoms with Crippen LogP contribution >= 0.6 is 20.1 Å². The van der Waals surface area contributed by atoms with Crippen molar-refractivity contribution >= 4 is 20.1 Å². The van der Waals surface area contributed by atoms with E-state index in [0.29, 0.717) is 0 Å². The SMILES string of the molecule is COC1(O)CCI(N)CC1. The van der Waals surface area contributed by atoms with Crippen molar-refractivity contribution in [2.75, 3.05) is 16.0 Å². The molecule has 1 fully saturated rings. The van der Waals surface area contributed by atoms with Crippen LogP contribution in [0.3, 0.4) is 0 Å². The van der Waals surface area contributed by atoms with E-state index in [4.69, 9.17) is 8.68 Å². The van der Waals surface area contributed by atoms with Crippen LogP contribution in [0.2, 0.25) is 0 Å². The Morgan fingerprint density at radius 1 is 1.50 bits per heavy atom. The maximum atomic E-state index is 9.55. The van der Waals surface area contributed by atoms with E-state index in [1.165, 1.54) is 0 Å². The van der Waals surface area contributed by atoms with Crippen molar-refractivity contribution in [2.45, 2.75) is 18.6 Å². The second-order valence-corrected chi connectivity index (χ2v) is 7.52. The Hall–Kier alpha value is 0.610. The fourth-order valence-corrected chi connectivity index (χ4v) is 4.57. The third-order valence-electron chi connectivity index (χ3n) is 1.84. The van der Waals surface area contributed by atoms with Gasteiger partial charge in [-0.05, 0) is 0 Å². The zero-order valence-corrected chi connectivity index (χ0v) is 8.30. The van der Waals surface area contributed by atoms with Crippen molar-refractivity contribution in [3.05, 3.63) is 0 Å². The minimum atomic E-state index is -1.08. The summed E-state index contributed by atoms with van der Waals surface area (Å²) in [4.78, 5) is 0. The number of methoxy groups -OCH3 is 1. The van der Waals surface area contributed by atoms with Gasteiger partial charge in [-0.25, -0.2) is 0 Å². The standard InChI is InChI=1S/C6H14INO2/c1-10-6(9)2-4-7(8)5-3-6/h9H,2-5,8H2,1H3. The van der Waals surface area contributed by atoms with Crippen LogP contribution in [0.15, 0.2) is 0 Å². The van der Waals surface area contributed by atoms with Gasteiger partial charge in [-0.3, -0.25) is 0 Å². The average Bonchev–Trinajstić information content (AvgIpc) is 1.96. The van der Waals surface area contributed by atoms with E-state index < -0.39 is 25.9 Å². The number of rotatable bonds is 1. The molecule has 3 nitrogen and oxygen atoms in total. The first-order valence-electron chi connectivity index (χ1n) is 3.30. The molecule has 1 saturated heterocycles. The summed E-state index contributed by atoms with van der Waals surface area (Å²) < 4.78 is 12.8. The molecule has 0 bridgehead atoms. The molecule has 1 heterocycles. The molecule has 0 aromatic heterocycles. The number of nitrogens with two attached hydrogens (primary N) is 1. The molecular formula is C6H14INO2. The quantitative estimate of drug-likeness (QED) is 0.312. The molecule has 0 saturated carbocycles. The summed E-state index contributed by atoms with van der Waals surface area (Å²) in [6.07, 6.45) is 1.48. The van der Waals surface area contributed by atoms with Crippen molar-refractivity contribution in [1.29, 1.82) is 0 Å². The average molecular weight is 259 g/mol. The van der Waals surface area contributed by atoms with Crippen LogP contribution in [0, 0.1) is 0 Å². The Morgan fingerprint density at radius 3 is 2.40 bits per heavy atom. The molecule has 0 unspecified atom stereocenters. The molecule has 1 aliphatic rings. The Balaban J connectivity index is 2.38. The number of hydrogen-bond donors (Lipinski definition) is 2. The summed E-state index contributed by atoms with van der Waals surface area (Å²) in [5, 5.41) is 9.55. The van der Waals surface area contributed by atoms with Crippen LogP contribution in [-0.2, 0) is 4.74 Å². The van der Waals surface area contributed by atoms with Gasteiger partial charge in [-0.1, -0.05) is 0 Å². The van der Waals surface area contributed by atoms with Crippen molar-refractivity contribution in [3.8, 4) is 0 Å². The Kier molecular flexibility index (Phi) is 2.91. The molecule has 4 heteroatoms. The molecule has 0 aromatic rings. The third kappa shape index (κ3) is 2.05. The summed E-state index contributed by atoms with van der Waals surface area (Å²) >= 11 is -1.08. The summed E-state index contributed by atoms with van der Waals surface area (Å²) in [6, 6.07) is 0. The van der Waals surface area contributed by atoms with Crippen molar-refractivity contribution in [1.82, 2.24) is 0 Å². The number of halogens is 1. The number of hydrogen-bond acceptors (Lipinski definition) is 3. The summed E-state index contributed by atoms with van der Waals surface area (Å²) in [5.74, 6) is -0.840. The van der Waals surface area contributed by atoms with Gasteiger partial charge < -0.3 is 0 Å². The summed E-state index contributed by atoms with van der Waals surface area (Å²) in [5.41, 5.74) is 0. The topological polar surface area (TPSA) is 55.5 Å². The number of alkyl halides is 2. The van der Waals surface area contributed by atoms with Gasteiger partial charge in [0.1, 0.15) is 0 Å². The zero-order valence-electron chi connectivity index (χ0n) is 6.14. The van der Waals surface area contributed by atoms with Crippen LogP contribution in [0.4, 0.5) is 0 Å². The van der Waals surface area contributed by atoms with E-state index in [1.54, 1.807) is 7.11 Å². The van der Waals surface area contributed by atoms with Crippen molar-refractivity contribution in [3.63, 3.8) is 0 Å². The van der Waals surface area contributed by atoms with Gasteiger partial charge in [0.25, 0.3) is 0 Å². The Morgan fingerprint density at radius 2 is 2.00 bits per heavy atom. The summed E-state index contributed by atoms with van der Waals surface area (Å²) in [6.45, 7) is 0. The van der Waals surface area contributed by atoms with Crippen LogP contribution in [0.1, 0.15) is 12.8 Å². The molecule has 1 rings (SSSR count). The molecule has 0 atom stereocenters. The molecule has 3 N–H and O–H groups in total. The predicted molar refractivity (Wildman–Crippen MR) is 49.1 cm³/mol. The van der Waals surface area contributed by atoms with E-state index in [0.717, 1.165) is 21.7 Å². The third-order valence-corrected chi connectivity index (χ3v) is 5.69. The second-order valence-electron chi connectivity index (χ2n) is 2.53. The first-order chi connectivity index (χ1) is 4.66. The molecular weight excluding hydrogens is 245 g/mol. The summed E-state index contributed by atoms with van der Waals surface area (Å²) in [7, 11) is 1.56. The Bertz CT molecular complexity index is 112. The fraction of sp³-hybridized carbons (Fsp3) is 1.00. The maximum absolute atomic E-state index is 9.55. The molecule has 0 spiro atoms. The monoisotopic (exact) mass is 259 g/mol. The van der Waals surface area contributed by atoms with E-state index in [1.807, 2.05) is 0 Å². The van der Waals surface area contributed by atoms with Crippen LogP contribution < -0.4 is 3.95 Å². The van der Waals surface area contributed by atoms with Gasteiger partial charge in [-0.2, -0.15) is 0 Å². The fourth-order valence-electron chi connectivity index (χ4n) is 0.962. The first kappa shape index (κ1) is 8.70. The number of aliphatic hydroxyl groups is 1. The molecule has 1 aliphatic heterocycles. The predicted octanol–water partition coefficient (Wildman–Crippen LogP) is 0.495. The van der Waals surface area contributed by atoms with E-state index in [2.05, 4.69) is 0 Å². The number of ether oxygens (including phenoxy) is 1. The van der Waals surface area contributed by atoms with Crippen molar-refractivity contribution < 1.29 is 9.84 Å². The van der Waals surface area contributed by atoms with Gasteiger partial charge in [0, 0.05) is 0 Å². The van der Waals surface area contributed by atoms with Gasteiger partial charge in [0.15, 0.2) is 0 Å². The van der Waals surface area contributed by atoms with Crippen molar-refractivity contribution in [2.24, 2.45) is 3.95 Å². The molecule has 62 valence electrons. The van der Waals surface area contributed by atoms with Gasteiger partial charge >= 0.3 is 68.5 Å². The van der Waals surface area contributed by atoms with Gasteiger partial charge in [0.2, 0.25) is 0 Å². The van der Waals surface area contributed by atoms with Crippen LogP contribution in [0.5, 0.6) is 0 Å². The molecule has 0 aromatic carbocycles. The Labute approximate surface area is 68.7 Å². The first-order valence-corrected chi connectivity index (χ1v) is 7.59. The van der Waals surface area contributed by atoms with Gasteiger partial charge in [0.05, 0.1) is 0 Å². The second kappa shape index (κ2) is 3.34. The molecule has 0 radical (unpaired) electrons.